The maximum Gasteiger partial charge on any atom is 0.319 e. The number of carbonyl (C=O) groups is 3. The van der Waals surface area contributed by atoms with E-state index in [2.05, 4.69) is 16.0 Å². The normalized spacial score (nSPS) is 16.0. The van der Waals surface area contributed by atoms with E-state index in [1.54, 1.807) is 47.4 Å². The van der Waals surface area contributed by atoms with E-state index in [9.17, 15) is 14.4 Å². The van der Waals surface area contributed by atoms with Crippen LogP contribution in [0, 0.1) is 0 Å². The van der Waals surface area contributed by atoms with Crippen LogP contribution in [-0.4, -0.2) is 30.4 Å². The molecule has 28 heavy (non-hydrogen) atoms. The molecule has 3 N–H and O–H groups in total. The molecule has 0 unspecified atom stereocenters. The van der Waals surface area contributed by atoms with Crippen LogP contribution in [0.4, 0.5) is 21.9 Å². The third kappa shape index (κ3) is 4.31. The molecule has 0 aromatic heterocycles. The summed E-state index contributed by atoms with van der Waals surface area (Å²) in [6.07, 6.45) is 3.46. The Hall–Kier alpha value is -3.35. The second-order valence-electron chi connectivity index (χ2n) is 7.10. The number of hydrogen-bond donors (Lipinski definition) is 3. The molecule has 2 aromatic carbocycles. The number of urea groups is 1. The van der Waals surface area contributed by atoms with Crippen LogP contribution in [0.5, 0.6) is 0 Å². The Kier molecular flexibility index (Phi) is 4.97. The highest BCUT2D eigenvalue weighted by molar-refractivity contribution is 6.06. The molecule has 7 heteroatoms. The van der Waals surface area contributed by atoms with Crippen molar-refractivity contribution >= 4 is 34.9 Å². The molecule has 2 fully saturated rings. The topological polar surface area (TPSA) is 90.5 Å². The SMILES string of the molecule is O=C(Nc1ccc(NC(=O)c2cccc(N3CCCC3=O)c2)cc1)NC1CC1. The molecule has 0 radical (unpaired) electrons. The molecular formula is C21H22N4O3. The number of rotatable bonds is 5. The van der Waals surface area contributed by atoms with E-state index in [0.29, 0.717) is 35.9 Å². The van der Waals surface area contributed by atoms with Crippen molar-refractivity contribution in [1.82, 2.24) is 5.32 Å². The Morgan fingerprint density at radius 3 is 2.32 bits per heavy atom. The molecule has 1 aliphatic carbocycles. The molecule has 0 atom stereocenters. The van der Waals surface area contributed by atoms with Gasteiger partial charge in [-0.3, -0.25) is 9.59 Å². The number of hydrogen-bond acceptors (Lipinski definition) is 3. The highest BCUT2D eigenvalue weighted by atomic mass is 16.2. The molecule has 2 aromatic rings. The molecule has 0 spiro atoms. The fourth-order valence-corrected chi connectivity index (χ4v) is 3.16. The fraction of sp³-hybridized carbons (Fsp3) is 0.286. The second-order valence-corrected chi connectivity index (χ2v) is 7.10. The van der Waals surface area contributed by atoms with Gasteiger partial charge in [-0.15, -0.1) is 0 Å². The molecular weight excluding hydrogens is 356 g/mol. The molecule has 1 saturated heterocycles. The molecule has 2 aliphatic rings. The Balaban J connectivity index is 1.38. The van der Waals surface area contributed by atoms with Crippen molar-refractivity contribution in [2.24, 2.45) is 0 Å². The lowest BCUT2D eigenvalue weighted by Crippen LogP contribution is -2.30. The highest BCUT2D eigenvalue weighted by Gasteiger charge is 2.23. The molecule has 1 heterocycles. The van der Waals surface area contributed by atoms with Crippen LogP contribution in [0.3, 0.4) is 0 Å². The lowest BCUT2D eigenvalue weighted by molar-refractivity contribution is -0.117. The zero-order chi connectivity index (χ0) is 19.5. The molecule has 4 amide bonds. The van der Waals surface area contributed by atoms with E-state index in [1.807, 2.05) is 6.07 Å². The maximum atomic E-state index is 12.6. The van der Waals surface area contributed by atoms with Crippen molar-refractivity contribution < 1.29 is 14.4 Å². The first-order valence-corrected chi connectivity index (χ1v) is 9.48. The Morgan fingerprint density at radius 2 is 1.68 bits per heavy atom. The fourth-order valence-electron chi connectivity index (χ4n) is 3.16. The number of nitrogens with one attached hydrogen (secondary N) is 3. The first-order valence-electron chi connectivity index (χ1n) is 9.48. The monoisotopic (exact) mass is 378 g/mol. The van der Waals surface area contributed by atoms with Gasteiger partial charge in [0.2, 0.25) is 5.91 Å². The minimum absolute atomic E-state index is 0.0892. The summed E-state index contributed by atoms with van der Waals surface area (Å²) < 4.78 is 0. The summed E-state index contributed by atoms with van der Waals surface area (Å²) in [6, 6.07) is 14.1. The summed E-state index contributed by atoms with van der Waals surface area (Å²) in [5, 5.41) is 8.46. The van der Waals surface area contributed by atoms with Gasteiger partial charge in [0.05, 0.1) is 0 Å². The van der Waals surface area contributed by atoms with Crippen LogP contribution < -0.4 is 20.9 Å². The number of anilines is 3. The van der Waals surface area contributed by atoms with E-state index >= 15 is 0 Å². The second kappa shape index (κ2) is 7.72. The van der Waals surface area contributed by atoms with Crippen LogP contribution in [0.2, 0.25) is 0 Å². The largest absolute Gasteiger partial charge is 0.335 e. The molecule has 1 saturated carbocycles. The Morgan fingerprint density at radius 1 is 0.964 bits per heavy atom. The molecule has 4 rings (SSSR count). The predicted molar refractivity (Wildman–Crippen MR) is 108 cm³/mol. The minimum Gasteiger partial charge on any atom is -0.335 e. The van der Waals surface area contributed by atoms with Gasteiger partial charge in [0, 0.05) is 41.6 Å². The van der Waals surface area contributed by atoms with Crippen molar-refractivity contribution in [2.75, 3.05) is 22.1 Å². The highest BCUT2D eigenvalue weighted by Crippen LogP contribution is 2.23. The van der Waals surface area contributed by atoms with Crippen LogP contribution in [0.15, 0.2) is 48.5 Å². The van der Waals surface area contributed by atoms with E-state index in [-0.39, 0.29) is 17.8 Å². The van der Waals surface area contributed by atoms with Crippen molar-refractivity contribution in [3.63, 3.8) is 0 Å². The summed E-state index contributed by atoms with van der Waals surface area (Å²) in [4.78, 5) is 37.9. The molecule has 0 bridgehead atoms. The zero-order valence-electron chi connectivity index (χ0n) is 15.4. The quantitative estimate of drug-likeness (QED) is 0.745. The van der Waals surface area contributed by atoms with Gasteiger partial charge < -0.3 is 20.9 Å². The third-order valence-corrected chi connectivity index (χ3v) is 4.81. The number of carbonyl (C=O) groups excluding carboxylic acids is 3. The lowest BCUT2D eigenvalue weighted by atomic mass is 10.1. The number of nitrogens with zero attached hydrogens (tertiary/aromatic N) is 1. The van der Waals surface area contributed by atoms with Crippen LogP contribution >= 0.6 is 0 Å². The smallest absolute Gasteiger partial charge is 0.319 e. The summed E-state index contributed by atoms with van der Waals surface area (Å²) in [5.41, 5.74) is 2.52. The lowest BCUT2D eigenvalue weighted by Gasteiger charge is -2.16. The van der Waals surface area contributed by atoms with Gasteiger partial charge in [-0.1, -0.05) is 6.07 Å². The zero-order valence-corrected chi connectivity index (χ0v) is 15.4. The van der Waals surface area contributed by atoms with E-state index in [4.69, 9.17) is 0 Å². The third-order valence-electron chi connectivity index (χ3n) is 4.81. The van der Waals surface area contributed by atoms with Gasteiger partial charge in [0.1, 0.15) is 0 Å². The van der Waals surface area contributed by atoms with E-state index < -0.39 is 0 Å². The van der Waals surface area contributed by atoms with Crippen molar-refractivity contribution in [1.29, 1.82) is 0 Å². The summed E-state index contributed by atoms with van der Waals surface area (Å²) in [6.45, 7) is 0.687. The van der Waals surface area contributed by atoms with Crippen LogP contribution in [0.1, 0.15) is 36.0 Å². The minimum atomic E-state index is -0.249. The Labute approximate surface area is 163 Å². The van der Waals surface area contributed by atoms with Gasteiger partial charge in [-0.2, -0.15) is 0 Å². The maximum absolute atomic E-state index is 12.6. The van der Waals surface area contributed by atoms with Crippen molar-refractivity contribution in [3.8, 4) is 0 Å². The summed E-state index contributed by atoms with van der Waals surface area (Å²) >= 11 is 0. The molecule has 7 nitrogen and oxygen atoms in total. The van der Waals surface area contributed by atoms with Crippen molar-refractivity contribution in [3.05, 3.63) is 54.1 Å². The summed E-state index contributed by atoms with van der Waals surface area (Å²) in [5.74, 6) is -0.160. The van der Waals surface area contributed by atoms with Gasteiger partial charge in [-0.25, -0.2) is 4.79 Å². The van der Waals surface area contributed by atoms with Gasteiger partial charge in [0.25, 0.3) is 5.91 Å². The first-order chi connectivity index (χ1) is 13.6. The van der Waals surface area contributed by atoms with Crippen LogP contribution in [0.25, 0.3) is 0 Å². The standard InChI is InChI=1S/C21H22N4O3/c26-19-5-2-12-25(19)18-4-1-3-14(13-18)20(27)22-15-6-8-16(9-7-15)23-21(28)24-17-10-11-17/h1,3-4,6-9,13,17H,2,5,10-12H2,(H,22,27)(H2,23,24,28). The van der Waals surface area contributed by atoms with E-state index in [1.165, 1.54) is 0 Å². The van der Waals surface area contributed by atoms with Gasteiger partial charge in [-0.05, 0) is 61.7 Å². The van der Waals surface area contributed by atoms with Gasteiger partial charge >= 0.3 is 6.03 Å². The number of amides is 4. The molecule has 1 aliphatic heterocycles. The Bertz CT molecular complexity index is 906. The van der Waals surface area contributed by atoms with Gasteiger partial charge in [0.15, 0.2) is 0 Å². The average molecular weight is 378 g/mol. The summed E-state index contributed by atoms with van der Waals surface area (Å²) in [7, 11) is 0. The van der Waals surface area contributed by atoms with E-state index in [0.717, 1.165) is 24.9 Å². The average Bonchev–Trinajstić information content (AvgIpc) is 3.40. The first kappa shape index (κ1) is 18.0. The number of benzene rings is 2. The van der Waals surface area contributed by atoms with Crippen molar-refractivity contribution in [2.45, 2.75) is 31.7 Å². The van der Waals surface area contributed by atoms with Crippen LogP contribution in [-0.2, 0) is 4.79 Å². The molecule has 144 valence electrons. The predicted octanol–water partition coefficient (Wildman–Crippen LogP) is 3.35.